The summed E-state index contributed by atoms with van der Waals surface area (Å²) in [5, 5.41) is 0. The van der Waals surface area contributed by atoms with E-state index in [1.165, 1.54) is 0 Å². The molecule has 4 nitrogen and oxygen atoms in total. The Morgan fingerprint density at radius 3 is 1.79 bits per heavy atom. The predicted octanol–water partition coefficient (Wildman–Crippen LogP) is 3.23. The van der Waals surface area contributed by atoms with Gasteiger partial charge in [0.1, 0.15) is 0 Å². The third-order valence-corrected chi connectivity index (χ3v) is 3.55. The Bertz CT molecular complexity index is 183. The summed E-state index contributed by atoms with van der Waals surface area (Å²) in [6.45, 7) is 10.0. The fourth-order valence-corrected chi connectivity index (χ4v) is 2.22. The minimum absolute atomic E-state index is 0.140. The number of hydrogen-bond donors (Lipinski definition) is 0. The first-order valence-electron chi connectivity index (χ1n) is 5.02. The van der Waals surface area contributed by atoms with E-state index in [4.69, 9.17) is 13.6 Å². The van der Waals surface area contributed by atoms with Crippen molar-refractivity contribution in [2.45, 2.75) is 40.7 Å². The first kappa shape index (κ1) is 14.1. The summed E-state index contributed by atoms with van der Waals surface area (Å²) < 4.78 is 27.2. The standard InChI is InChI=1S/C9H21O4P/c1-6-11-14(10,12-7-2)13-9(5)8(3)4/h8-9H,6-7H2,1-5H3. The Labute approximate surface area is 86.5 Å². The number of phosphoric ester groups is 1. The van der Waals surface area contributed by atoms with Crippen LogP contribution in [0.15, 0.2) is 0 Å². The quantitative estimate of drug-likeness (QED) is 0.623. The van der Waals surface area contributed by atoms with E-state index < -0.39 is 7.82 Å². The minimum Gasteiger partial charge on any atom is -0.287 e. The van der Waals surface area contributed by atoms with Crippen molar-refractivity contribution < 1.29 is 18.1 Å². The lowest BCUT2D eigenvalue weighted by Gasteiger charge is -2.22. The molecule has 0 aromatic rings. The number of hydrogen-bond acceptors (Lipinski definition) is 4. The van der Waals surface area contributed by atoms with Crippen molar-refractivity contribution in [1.29, 1.82) is 0 Å². The summed E-state index contributed by atoms with van der Waals surface area (Å²) in [5.74, 6) is 0.282. The Morgan fingerprint density at radius 2 is 1.50 bits per heavy atom. The van der Waals surface area contributed by atoms with Crippen molar-refractivity contribution in [1.82, 2.24) is 0 Å². The van der Waals surface area contributed by atoms with Gasteiger partial charge in [0.2, 0.25) is 0 Å². The summed E-state index contributed by atoms with van der Waals surface area (Å²) in [6, 6.07) is 0. The highest BCUT2D eigenvalue weighted by molar-refractivity contribution is 7.48. The molecule has 14 heavy (non-hydrogen) atoms. The molecule has 0 aromatic heterocycles. The van der Waals surface area contributed by atoms with Crippen LogP contribution in [0, 0.1) is 5.92 Å². The Hall–Kier alpha value is 0.110. The number of rotatable bonds is 7. The molecule has 0 aliphatic rings. The molecule has 0 amide bonds. The van der Waals surface area contributed by atoms with Crippen LogP contribution in [0.25, 0.3) is 0 Å². The van der Waals surface area contributed by atoms with Crippen molar-refractivity contribution in [3.05, 3.63) is 0 Å². The molecule has 0 aromatic carbocycles. The van der Waals surface area contributed by atoms with E-state index in [-0.39, 0.29) is 12.0 Å². The van der Waals surface area contributed by atoms with Crippen LogP contribution in [0.5, 0.6) is 0 Å². The summed E-state index contributed by atoms with van der Waals surface area (Å²) >= 11 is 0. The SMILES string of the molecule is CCOP(=O)(OCC)OC(C)C(C)C. The van der Waals surface area contributed by atoms with Gasteiger partial charge in [-0.15, -0.1) is 0 Å². The molecule has 1 atom stereocenters. The van der Waals surface area contributed by atoms with Gasteiger partial charge in [0.15, 0.2) is 0 Å². The van der Waals surface area contributed by atoms with Crippen LogP contribution in [-0.4, -0.2) is 19.3 Å². The van der Waals surface area contributed by atoms with Crippen molar-refractivity contribution in [3.63, 3.8) is 0 Å². The smallest absolute Gasteiger partial charge is 0.287 e. The molecule has 86 valence electrons. The minimum atomic E-state index is -3.33. The van der Waals surface area contributed by atoms with Crippen LogP contribution < -0.4 is 0 Å². The van der Waals surface area contributed by atoms with Gasteiger partial charge in [-0.1, -0.05) is 13.8 Å². The molecule has 0 N–H and O–H groups in total. The first-order chi connectivity index (χ1) is 6.45. The Balaban J connectivity index is 4.28. The predicted molar refractivity (Wildman–Crippen MR) is 56.2 cm³/mol. The molecule has 0 saturated heterocycles. The van der Waals surface area contributed by atoms with E-state index in [9.17, 15) is 4.57 Å². The molecule has 0 rings (SSSR count). The van der Waals surface area contributed by atoms with E-state index in [1.54, 1.807) is 13.8 Å². The zero-order valence-corrected chi connectivity index (χ0v) is 10.5. The van der Waals surface area contributed by atoms with Gasteiger partial charge < -0.3 is 0 Å². The molecule has 0 heterocycles. The molecule has 0 aliphatic heterocycles. The van der Waals surface area contributed by atoms with E-state index in [1.807, 2.05) is 20.8 Å². The van der Waals surface area contributed by atoms with Crippen LogP contribution in [0.2, 0.25) is 0 Å². The summed E-state index contributed by atoms with van der Waals surface area (Å²) in [5.41, 5.74) is 0. The maximum absolute atomic E-state index is 11.9. The fraction of sp³-hybridized carbons (Fsp3) is 1.00. The van der Waals surface area contributed by atoms with Gasteiger partial charge in [-0.3, -0.25) is 13.6 Å². The second kappa shape index (κ2) is 6.57. The highest BCUT2D eigenvalue weighted by atomic mass is 31.2. The molecule has 0 saturated carbocycles. The van der Waals surface area contributed by atoms with Gasteiger partial charge >= 0.3 is 7.82 Å². The maximum Gasteiger partial charge on any atom is 0.475 e. The highest BCUT2D eigenvalue weighted by Gasteiger charge is 2.29. The van der Waals surface area contributed by atoms with E-state index in [0.29, 0.717) is 13.2 Å². The second-order valence-corrected chi connectivity index (χ2v) is 4.96. The molecule has 0 aliphatic carbocycles. The van der Waals surface area contributed by atoms with Crippen molar-refractivity contribution in [2.24, 2.45) is 5.92 Å². The summed E-state index contributed by atoms with van der Waals surface area (Å²) in [4.78, 5) is 0. The molecule has 1 unspecified atom stereocenters. The molecule has 5 heteroatoms. The third kappa shape index (κ3) is 5.11. The van der Waals surface area contributed by atoms with Gasteiger partial charge in [0.05, 0.1) is 19.3 Å². The largest absolute Gasteiger partial charge is 0.475 e. The lowest BCUT2D eigenvalue weighted by molar-refractivity contribution is 0.0716. The van der Waals surface area contributed by atoms with Crippen LogP contribution >= 0.6 is 7.82 Å². The zero-order chi connectivity index (χ0) is 11.2. The fourth-order valence-electron chi connectivity index (χ4n) is 0.740. The van der Waals surface area contributed by atoms with Crippen molar-refractivity contribution in [2.75, 3.05) is 13.2 Å². The van der Waals surface area contributed by atoms with E-state index in [0.717, 1.165) is 0 Å². The third-order valence-electron chi connectivity index (χ3n) is 1.81. The van der Waals surface area contributed by atoms with Crippen LogP contribution in [0.3, 0.4) is 0 Å². The molecular formula is C9H21O4P. The van der Waals surface area contributed by atoms with Gasteiger partial charge in [0, 0.05) is 0 Å². The average Bonchev–Trinajstić information content (AvgIpc) is 2.04. The van der Waals surface area contributed by atoms with Gasteiger partial charge in [-0.05, 0) is 26.7 Å². The van der Waals surface area contributed by atoms with Gasteiger partial charge in [-0.25, -0.2) is 4.57 Å². The van der Waals surface area contributed by atoms with Gasteiger partial charge in [0.25, 0.3) is 0 Å². The number of phosphoric acid groups is 1. The van der Waals surface area contributed by atoms with E-state index >= 15 is 0 Å². The molecule has 0 bridgehead atoms. The normalized spacial score (nSPS) is 14.7. The lowest BCUT2D eigenvalue weighted by Crippen LogP contribution is -2.15. The summed E-state index contributed by atoms with van der Waals surface area (Å²) in [7, 11) is -3.33. The summed E-state index contributed by atoms with van der Waals surface area (Å²) in [6.07, 6.45) is -0.140. The van der Waals surface area contributed by atoms with Crippen LogP contribution in [-0.2, 0) is 18.1 Å². The molecule has 0 fully saturated rings. The average molecular weight is 224 g/mol. The first-order valence-corrected chi connectivity index (χ1v) is 6.48. The maximum atomic E-state index is 11.9. The Morgan fingerprint density at radius 1 is 1.07 bits per heavy atom. The van der Waals surface area contributed by atoms with Crippen LogP contribution in [0.4, 0.5) is 0 Å². The monoisotopic (exact) mass is 224 g/mol. The highest BCUT2D eigenvalue weighted by Crippen LogP contribution is 2.50. The second-order valence-electron chi connectivity index (χ2n) is 3.34. The molecule has 0 radical (unpaired) electrons. The zero-order valence-electron chi connectivity index (χ0n) is 9.65. The van der Waals surface area contributed by atoms with E-state index in [2.05, 4.69) is 0 Å². The molecular weight excluding hydrogens is 203 g/mol. The van der Waals surface area contributed by atoms with Crippen molar-refractivity contribution in [3.8, 4) is 0 Å². The lowest BCUT2D eigenvalue weighted by atomic mass is 10.1. The van der Waals surface area contributed by atoms with Crippen LogP contribution in [0.1, 0.15) is 34.6 Å². The van der Waals surface area contributed by atoms with Crippen molar-refractivity contribution >= 4 is 7.82 Å². The topological polar surface area (TPSA) is 44.8 Å². The molecule has 0 spiro atoms. The van der Waals surface area contributed by atoms with Gasteiger partial charge in [-0.2, -0.15) is 0 Å². The Kier molecular flexibility index (Phi) is 6.62.